The molecule has 0 saturated carbocycles. The highest BCUT2D eigenvalue weighted by Gasteiger charge is 2.42. The molecule has 0 unspecified atom stereocenters. The Hall–Kier alpha value is -2.24. The Balaban J connectivity index is 2.50. The van der Waals surface area contributed by atoms with Crippen molar-refractivity contribution in [2.75, 3.05) is 0 Å². The molecule has 0 atom stereocenters. The maximum absolute atomic E-state index is 12.1. The minimum Gasteiger partial charge on any atom is -0.504 e. The van der Waals surface area contributed by atoms with Crippen LogP contribution in [0, 0.1) is 0 Å². The first-order valence-electron chi connectivity index (χ1n) is 4.89. The minimum atomic E-state index is -5.11. The minimum absolute atomic E-state index is 0.232. The van der Waals surface area contributed by atoms with E-state index in [9.17, 15) is 23.1 Å². The molecule has 2 aromatic rings. The van der Waals surface area contributed by atoms with Crippen LogP contribution in [0.15, 0.2) is 36.4 Å². The van der Waals surface area contributed by atoms with Gasteiger partial charge in [-0.3, -0.25) is 0 Å². The summed E-state index contributed by atoms with van der Waals surface area (Å²) in [6.45, 7) is 0. The molecule has 0 spiro atoms. The summed E-state index contributed by atoms with van der Waals surface area (Å²) in [5.41, 5.74) is 0. The number of benzene rings is 2. The molecule has 0 radical (unpaired) electrons. The van der Waals surface area contributed by atoms with Gasteiger partial charge in [0.2, 0.25) is 0 Å². The van der Waals surface area contributed by atoms with Crippen LogP contribution < -0.4 is 4.74 Å². The second kappa shape index (κ2) is 4.21. The lowest BCUT2D eigenvalue weighted by Gasteiger charge is -2.10. The number of aromatic hydroxyl groups is 1. The third-order valence-corrected chi connectivity index (χ3v) is 2.29. The normalized spacial score (nSPS) is 11.5. The quantitative estimate of drug-likeness (QED) is 0.630. The zero-order valence-corrected chi connectivity index (χ0v) is 8.86. The number of alkyl halides is 3. The fourth-order valence-electron chi connectivity index (χ4n) is 1.49. The summed E-state index contributed by atoms with van der Waals surface area (Å²) in [5, 5.41) is 10.3. The van der Waals surface area contributed by atoms with E-state index in [1.54, 1.807) is 18.2 Å². The summed E-state index contributed by atoms with van der Waals surface area (Å²) < 4.78 is 40.5. The zero-order valence-electron chi connectivity index (χ0n) is 8.86. The van der Waals surface area contributed by atoms with E-state index in [2.05, 4.69) is 4.74 Å². The Morgan fingerprint density at radius 3 is 2.44 bits per heavy atom. The van der Waals surface area contributed by atoms with Crippen molar-refractivity contribution in [3.8, 4) is 11.5 Å². The standard InChI is InChI=1S/C12H7F3O3/c13-12(14,15)11(17)18-10-8-4-2-1-3-7(8)5-6-9(10)16/h1-6,16H. The molecular weight excluding hydrogens is 249 g/mol. The van der Waals surface area contributed by atoms with Crippen LogP contribution in [-0.2, 0) is 4.79 Å². The third kappa shape index (κ3) is 2.22. The Morgan fingerprint density at radius 2 is 1.78 bits per heavy atom. The highest BCUT2D eigenvalue weighted by atomic mass is 19.4. The van der Waals surface area contributed by atoms with Crippen LogP contribution in [0.2, 0.25) is 0 Å². The smallest absolute Gasteiger partial charge is 0.491 e. The molecule has 0 amide bonds. The molecule has 0 heterocycles. The number of esters is 1. The first-order chi connectivity index (χ1) is 8.39. The Bertz CT molecular complexity index is 605. The van der Waals surface area contributed by atoms with Crippen molar-refractivity contribution in [2.45, 2.75) is 6.18 Å². The molecule has 2 rings (SSSR count). The SMILES string of the molecule is O=C(Oc1c(O)ccc2ccccc12)C(F)(F)F. The molecule has 0 bridgehead atoms. The molecule has 0 aliphatic carbocycles. The molecule has 3 nitrogen and oxygen atoms in total. The predicted octanol–water partition coefficient (Wildman–Crippen LogP) is 3.01. The Labute approximate surface area is 99.4 Å². The highest BCUT2D eigenvalue weighted by molar-refractivity contribution is 5.93. The number of carbonyl (C=O) groups excluding carboxylic acids is 1. The number of phenols is 1. The van der Waals surface area contributed by atoms with Crippen LogP contribution in [0.5, 0.6) is 11.5 Å². The van der Waals surface area contributed by atoms with Crippen LogP contribution in [0.1, 0.15) is 0 Å². The van der Waals surface area contributed by atoms with E-state index in [1.807, 2.05) is 0 Å². The second-order valence-electron chi connectivity index (χ2n) is 3.52. The van der Waals surface area contributed by atoms with Crippen molar-refractivity contribution in [3.63, 3.8) is 0 Å². The zero-order chi connectivity index (χ0) is 13.3. The van der Waals surface area contributed by atoms with Gasteiger partial charge in [0.25, 0.3) is 0 Å². The van der Waals surface area contributed by atoms with E-state index in [4.69, 9.17) is 0 Å². The van der Waals surface area contributed by atoms with Gasteiger partial charge in [0.15, 0.2) is 11.5 Å². The third-order valence-electron chi connectivity index (χ3n) is 2.29. The van der Waals surface area contributed by atoms with Gasteiger partial charge in [-0.15, -0.1) is 0 Å². The maximum atomic E-state index is 12.1. The van der Waals surface area contributed by atoms with E-state index in [0.29, 0.717) is 5.39 Å². The molecular formula is C12H7F3O3. The van der Waals surface area contributed by atoms with E-state index < -0.39 is 23.6 Å². The van der Waals surface area contributed by atoms with Gasteiger partial charge in [0, 0.05) is 5.39 Å². The van der Waals surface area contributed by atoms with Gasteiger partial charge in [-0.2, -0.15) is 13.2 Å². The van der Waals surface area contributed by atoms with Gasteiger partial charge in [-0.25, -0.2) is 4.79 Å². The van der Waals surface area contributed by atoms with Crippen molar-refractivity contribution in [3.05, 3.63) is 36.4 Å². The van der Waals surface area contributed by atoms with Gasteiger partial charge >= 0.3 is 12.1 Å². The molecule has 1 N–H and O–H groups in total. The summed E-state index contributed by atoms with van der Waals surface area (Å²) in [5.74, 6) is -3.38. The van der Waals surface area contributed by atoms with Crippen molar-refractivity contribution in [2.24, 2.45) is 0 Å². The summed E-state index contributed by atoms with van der Waals surface area (Å²) >= 11 is 0. The van der Waals surface area contributed by atoms with Gasteiger partial charge in [-0.05, 0) is 11.5 Å². The molecule has 0 aliphatic heterocycles. The first kappa shape index (κ1) is 12.2. The number of fused-ring (bicyclic) bond motifs is 1. The maximum Gasteiger partial charge on any atom is 0.491 e. The van der Waals surface area contributed by atoms with Crippen molar-refractivity contribution in [1.29, 1.82) is 0 Å². The topological polar surface area (TPSA) is 46.5 Å². The van der Waals surface area contributed by atoms with Gasteiger partial charge < -0.3 is 9.84 Å². The summed E-state index contributed by atoms with van der Waals surface area (Å²) in [6.07, 6.45) is -5.11. The average molecular weight is 256 g/mol. The van der Waals surface area contributed by atoms with Crippen LogP contribution in [0.25, 0.3) is 10.8 Å². The summed E-state index contributed by atoms with van der Waals surface area (Å²) in [4.78, 5) is 10.8. The molecule has 2 aromatic carbocycles. The van der Waals surface area contributed by atoms with E-state index in [-0.39, 0.29) is 5.39 Å². The fourth-order valence-corrected chi connectivity index (χ4v) is 1.49. The number of hydrogen-bond acceptors (Lipinski definition) is 3. The van der Waals surface area contributed by atoms with Crippen LogP contribution in [0.4, 0.5) is 13.2 Å². The van der Waals surface area contributed by atoms with Crippen LogP contribution >= 0.6 is 0 Å². The Kier molecular flexibility index (Phi) is 2.86. The number of rotatable bonds is 1. The lowest BCUT2D eigenvalue weighted by molar-refractivity contribution is -0.189. The first-order valence-corrected chi connectivity index (χ1v) is 4.89. The van der Waals surface area contributed by atoms with Gasteiger partial charge in [-0.1, -0.05) is 30.3 Å². The number of carbonyl (C=O) groups is 1. The molecule has 0 fully saturated rings. The van der Waals surface area contributed by atoms with Crippen LogP contribution in [0.3, 0.4) is 0 Å². The summed E-state index contributed by atoms with van der Waals surface area (Å²) in [7, 11) is 0. The lowest BCUT2D eigenvalue weighted by atomic mass is 10.1. The van der Waals surface area contributed by atoms with Crippen LogP contribution in [-0.4, -0.2) is 17.3 Å². The number of hydrogen-bond donors (Lipinski definition) is 1. The highest BCUT2D eigenvalue weighted by Crippen LogP contribution is 2.35. The molecule has 0 saturated heterocycles. The lowest BCUT2D eigenvalue weighted by Crippen LogP contribution is -2.28. The van der Waals surface area contributed by atoms with Gasteiger partial charge in [0.1, 0.15) is 0 Å². The Morgan fingerprint density at radius 1 is 1.11 bits per heavy atom. The number of halogens is 3. The number of ether oxygens (including phenoxy) is 1. The fraction of sp³-hybridized carbons (Fsp3) is 0.0833. The van der Waals surface area contributed by atoms with Crippen molar-refractivity contribution >= 4 is 16.7 Å². The van der Waals surface area contributed by atoms with E-state index in [0.717, 1.165) is 0 Å². The van der Waals surface area contributed by atoms with Crippen molar-refractivity contribution in [1.82, 2.24) is 0 Å². The monoisotopic (exact) mass is 256 g/mol. The van der Waals surface area contributed by atoms with E-state index in [1.165, 1.54) is 18.2 Å². The molecule has 94 valence electrons. The van der Waals surface area contributed by atoms with Crippen molar-refractivity contribution < 1.29 is 27.8 Å². The second-order valence-corrected chi connectivity index (χ2v) is 3.52. The molecule has 0 aromatic heterocycles. The molecule has 6 heteroatoms. The van der Waals surface area contributed by atoms with Gasteiger partial charge in [0.05, 0.1) is 0 Å². The predicted molar refractivity (Wildman–Crippen MR) is 57.3 cm³/mol. The molecule has 0 aliphatic rings. The molecule has 18 heavy (non-hydrogen) atoms. The largest absolute Gasteiger partial charge is 0.504 e. The number of phenolic OH excluding ortho intramolecular Hbond substituents is 1. The average Bonchev–Trinajstić information content (AvgIpc) is 2.31. The van der Waals surface area contributed by atoms with E-state index >= 15 is 0 Å². The summed E-state index contributed by atoms with van der Waals surface area (Å²) in [6, 6.07) is 8.99.